The van der Waals surface area contributed by atoms with Crippen LogP contribution in [0.2, 0.25) is 0 Å². The Hall–Kier alpha value is -3.40. The molecule has 4 rings (SSSR count). The molecule has 0 saturated carbocycles. The van der Waals surface area contributed by atoms with E-state index >= 15 is 0 Å². The van der Waals surface area contributed by atoms with Crippen LogP contribution in [-0.2, 0) is 32.6 Å². The Morgan fingerprint density at radius 1 is 1.00 bits per heavy atom. The Morgan fingerprint density at radius 2 is 1.72 bits per heavy atom. The normalized spacial score (nSPS) is 14.2. The van der Waals surface area contributed by atoms with Gasteiger partial charge >= 0.3 is 0 Å². The van der Waals surface area contributed by atoms with Crippen molar-refractivity contribution >= 4 is 21.6 Å². The lowest BCUT2D eigenvalue weighted by atomic mass is 10.1. The predicted octanol–water partition coefficient (Wildman–Crippen LogP) is 3.87. The molecular formula is C27H30N2O6S. The summed E-state index contributed by atoms with van der Waals surface area (Å²) in [5, 5.41) is 2.87. The van der Waals surface area contributed by atoms with E-state index in [1.165, 1.54) is 17.5 Å². The highest BCUT2D eigenvalue weighted by Gasteiger charge is 2.27. The molecule has 3 aromatic rings. The Bertz CT molecular complexity index is 1260. The van der Waals surface area contributed by atoms with Gasteiger partial charge in [0.25, 0.3) is 0 Å². The van der Waals surface area contributed by atoms with Gasteiger partial charge in [-0.2, -0.15) is 4.31 Å². The molecule has 1 fully saturated rings. The standard InChI is InChI=1S/C27H30N2O6S/c1-33-26-13-12-25(36(31,32)29-15-17-34-18-16-29)19-22(26)7-14-27(30)28-23-8-10-24(11-9-23)35-20-21-5-3-2-4-6-21/h2-6,8-13,19H,7,14-18,20H2,1H3,(H,28,30). The fourth-order valence-corrected chi connectivity index (χ4v) is 5.35. The summed E-state index contributed by atoms with van der Waals surface area (Å²) < 4.78 is 43.9. The number of aryl methyl sites for hydroxylation is 1. The molecule has 1 aliphatic heterocycles. The fraction of sp³-hybridized carbons (Fsp3) is 0.296. The molecule has 3 aromatic carbocycles. The van der Waals surface area contributed by atoms with Gasteiger partial charge in [0.15, 0.2) is 0 Å². The van der Waals surface area contributed by atoms with Crippen LogP contribution in [-0.4, -0.2) is 52.0 Å². The molecule has 8 nitrogen and oxygen atoms in total. The third-order valence-electron chi connectivity index (χ3n) is 5.87. The van der Waals surface area contributed by atoms with Crippen molar-refractivity contribution in [3.05, 3.63) is 83.9 Å². The van der Waals surface area contributed by atoms with Crippen LogP contribution < -0.4 is 14.8 Å². The van der Waals surface area contributed by atoms with E-state index in [9.17, 15) is 13.2 Å². The summed E-state index contributed by atoms with van der Waals surface area (Å²) in [4.78, 5) is 12.8. The molecule has 0 radical (unpaired) electrons. The first-order valence-electron chi connectivity index (χ1n) is 11.8. The molecule has 1 amide bonds. The van der Waals surface area contributed by atoms with E-state index in [1.807, 2.05) is 42.5 Å². The summed E-state index contributed by atoms with van der Waals surface area (Å²) >= 11 is 0. The summed E-state index contributed by atoms with van der Waals surface area (Å²) in [6, 6.07) is 21.8. The molecule has 190 valence electrons. The molecule has 0 bridgehead atoms. The van der Waals surface area contributed by atoms with Gasteiger partial charge in [0, 0.05) is 25.2 Å². The van der Waals surface area contributed by atoms with Crippen molar-refractivity contribution in [2.75, 3.05) is 38.7 Å². The average molecular weight is 511 g/mol. The van der Waals surface area contributed by atoms with E-state index < -0.39 is 10.0 Å². The second kappa shape index (κ2) is 12.0. The molecular weight excluding hydrogens is 480 g/mol. The number of rotatable bonds is 10. The van der Waals surface area contributed by atoms with Crippen LogP contribution in [0.1, 0.15) is 17.5 Å². The zero-order valence-corrected chi connectivity index (χ0v) is 21.0. The first kappa shape index (κ1) is 25.7. The maximum atomic E-state index is 13.0. The second-order valence-corrected chi connectivity index (χ2v) is 10.3. The zero-order chi connectivity index (χ0) is 25.4. The maximum absolute atomic E-state index is 13.0. The van der Waals surface area contributed by atoms with Crippen LogP contribution in [0.5, 0.6) is 11.5 Å². The van der Waals surface area contributed by atoms with Crippen molar-refractivity contribution in [2.24, 2.45) is 0 Å². The van der Waals surface area contributed by atoms with Crippen molar-refractivity contribution < 1.29 is 27.4 Å². The molecule has 1 N–H and O–H groups in total. The number of benzene rings is 3. The lowest BCUT2D eigenvalue weighted by molar-refractivity contribution is -0.116. The number of carbonyl (C=O) groups is 1. The predicted molar refractivity (Wildman–Crippen MR) is 137 cm³/mol. The molecule has 0 unspecified atom stereocenters. The van der Waals surface area contributed by atoms with E-state index in [2.05, 4.69) is 5.32 Å². The molecule has 1 saturated heterocycles. The highest BCUT2D eigenvalue weighted by molar-refractivity contribution is 7.89. The van der Waals surface area contributed by atoms with Crippen LogP contribution in [0.25, 0.3) is 0 Å². The van der Waals surface area contributed by atoms with E-state index in [0.29, 0.717) is 62.1 Å². The second-order valence-electron chi connectivity index (χ2n) is 8.34. The SMILES string of the molecule is COc1ccc(S(=O)(=O)N2CCOCC2)cc1CCC(=O)Nc1ccc(OCc2ccccc2)cc1. The summed E-state index contributed by atoms with van der Waals surface area (Å²) in [6.45, 7) is 1.87. The van der Waals surface area contributed by atoms with Gasteiger partial charge in [0.2, 0.25) is 15.9 Å². The summed E-state index contributed by atoms with van der Waals surface area (Å²) in [6.07, 6.45) is 0.503. The number of sulfonamides is 1. The Labute approximate surface area is 211 Å². The number of nitrogens with one attached hydrogen (secondary N) is 1. The van der Waals surface area contributed by atoms with Crippen molar-refractivity contribution in [3.8, 4) is 11.5 Å². The first-order valence-corrected chi connectivity index (χ1v) is 13.2. The van der Waals surface area contributed by atoms with Crippen molar-refractivity contribution in [1.82, 2.24) is 4.31 Å². The van der Waals surface area contributed by atoms with E-state index in [4.69, 9.17) is 14.2 Å². The Morgan fingerprint density at radius 3 is 2.42 bits per heavy atom. The highest BCUT2D eigenvalue weighted by atomic mass is 32.2. The number of carbonyl (C=O) groups excluding carboxylic acids is 1. The van der Waals surface area contributed by atoms with E-state index in [0.717, 1.165) is 5.56 Å². The van der Waals surface area contributed by atoms with Crippen molar-refractivity contribution in [1.29, 1.82) is 0 Å². The minimum absolute atomic E-state index is 0.170. The topological polar surface area (TPSA) is 94.2 Å². The maximum Gasteiger partial charge on any atom is 0.243 e. The van der Waals surface area contributed by atoms with Crippen molar-refractivity contribution in [3.63, 3.8) is 0 Å². The van der Waals surface area contributed by atoms with Crippen LogP contribution in [0.15, 0.2) is 77.7 Å². The summed E-state index contributed by atoms with van der Waals surface area (Å²) in [7, 11) is -2.11. The van der Waals surface area contributed by atoms with E-state index in [-0.39, 0.29) is 17.2 Å². The van der Waals surface area contributed by atoms with Gasteiger partial charge in [-0.05, 0) is 60.0 Å². The number of nitrogens with zero attached hydrogens (tertiary/aromatic N) is 1. The summed E-state index contributed by atoms with van der Waals surface area (Å²) in [5.74, 6) is 1.07. The third kappa shape index (κ3) is 6.63. The number of hydrogen-bond acceptors (Lipinski definition) is 6. The van der Waals surface area contributed by atoms with Gasteiger partial charge < -0.3 is 19.5 Å². The van der Waals surface area contributed by atoms with Gasteiger partial charge in [0.1, 0.15) is 18.1 Å². The van der Waals surface area contributed by atoms with Crippen LogP contribution in [0.3, 0.4) is 0 Å². The van der Waals surface area contributed by atoms with Crippen LogP contribution in [0.4, 0.5) is 5.69 Å². The van der Waals surface area contributed by atoms with Crippen LogP contribution in [0, 0.1) is 0 Å². The minimum atomic E-state index is -3.64. The molecule has 36 heavy (non-hydrogen) atoms. The molecule has 0 atom stereocenters. The van der Waals surface area contributed by atoms with Gasteiger partial charge in [0.05, 0.1) is 25.2 Å². The van der Waals surface area contributed by atoms with Gasteiger partial charge in [-0.1, -0.05) is 30.3 Å². The lowest BCUT2D eigenvalue weighted by Gasteiger charge is -2.26. The zero-order valence-electron chi connectivity index (χ0n) is 20.2. The minimum Gasteiger partial charge on any atom is -0.496 e. The average Bonchev–Trinajstić information content (AvgIpc) is 2.92. The van der Waals surface area contributed by atoms with Gasteiger partial charge in [-0.3, -0.25) is 4.79 Å². The lowest BCUT2D eigenvalue weighted by Crippen LogP contribution is -2.40. The van der Waals surface area contributed by atoms with Gasteiger partial charge in [-0.25, -0.2) is 8.42 Å². The number of anilines is 1. The molecule has 9 heteroatoms. The molecule has 0 aromatic heterocycles. The summed E-state index contributed by atoms with van der Waals surface area (Å²) in [5.41, 5.74) is 2.39. The third-order valence-corrected chi connectivity index (χ3v) is 7.76. The number of methoxy groups -OCH3 is 1. The Balaban J connectivity index is 1.34. The smallest absolute Gasteiger partial charge is 0.243 e. The number of hydrogen-bond donors (Lipinski definition) is 1. The number of amides is 1. The number of morpholine rings is 1. The molecule has 0 spiro atoms. The van der Waals surface area contributed by atoms with Gasteiger partial charge in [-0.15, -0.1) is 0 Å². The van der Waals surface area contributed by atoms with Crippen LogP contribution >= 0.6 is 0 Å². The van der Waals surface area contributed by atoms with E-state index in [1.54, 1.807) is 24.3 Å². The quantitative estimate of drug-likeness (QED) is 0.445. The number of ether oxygens (including phenoxy) is 3. The largest absolute Gasteiger partial charge is 0.496 e. The van der Waals surface area contributed by atoms with Crippen molar-refractivity contribution in [2.45, 2.75) is 24.3 Å². The fourth-order valence-electron chi connectivity index (χ4n) is 3.89. The molecule has 1 aliphatic rings. The highest BCUT2D eigenvalue weighted by Crippen LogP contribution is 2.26. The Kier molecular flexibility index (Phi) is 8.58. The monoisotopic (exact) mass is 510 g/mol. The first-order chi connectivity index (χ1) is 17.5. The molecule has 1 heterocycles. The molecule has 0 aliphatic carbocycles.